The number of nitrogens with zero attached hydrogens (tertiary/aromatic N) is 3. The molecule has 2 heterocycles. The molecule has 0 radical (unpaired) electrons. The Morgan fingerprint density at radius 3 is 2.24 bits per heavy atom. The SMILES string of the molecule is O=C(Cc1ccccc1)N1CCN([C@H]2CC(=O)N(c3ccc(Cl)cc3)C2=O)CC1. The molecule has 6 nitrogen and oxygen atoms in total. The van der Waals surface area contributed by atoms with E-state index < -0.39 is 6.04 Å². The zero-order valence-corrected chi connectivity index (χ0v) is 16.7. The molecule has 3 amide bonds. The molecule has 0 spiro atoms. The standard InChI is InChI=1S/C22H22ClN3O3/c23-17-6-8-18(9-7-17)26-21(28)15-19(22(26)29)24-10-12-25(13-11-24)20(27)14-16-4-2-1-3-5-16/h1-9,19H,10-15H2/t19-/m0/s1. The fourth-order valence-corrected chi connectivity index (χ4v) is 4.05. The van der Waals surface area contributed by atoms with Crippen molar-refractivity contribution in [3.8, 4) is 0 Å². The van der Waals surface area contributed by atoms with Gasteiger partial charge in [0.2, 0.25) is 11.8 Å². The third-order valence-electron chi connectivity index (χ3n) is 5.51. The number of anilines is 1. The molecule has 0 saturated carbocycles. The van der Waals surface area contributed by atoms with E-state index in [9.17, 15) is 14.4 Å². The van der Waals surface area contributed by atoms with Gasteiger partial charge in [-0.1, -0.05) is 41.9 Å². The Labute approximate surface area is 174 Å². The lowest BCUT2D eigenvalue weighted by Gasteiger charge is -2.37. The van der Waals surface area contributed by atoms with E-state index in [1.807, 2.05) is 40.1 Å². The molecule has 2 saturated heterocycles. The van der Waals surface area contributed by atoms with Gasteiger partial charge in [-0.15, -0.1) is 0 Å². The molecular formula is C22H22ClN3O3. The van der Waals surface area contributed by atoms with E-state index in [0.717, 1.165) is 5.56 Å². The molecule has 4 rings (SSSR count). The number of piperazine rings is 1. The summed E-state index contributed by atoms with van der Waals surface area (Å²) in [5.74, 6) is -0.321. The number of carbonyl (C=O) groups is 3. The van der Waals surface area contributed by atoms with E-state index in [0.29, 0.717) is 43.3 Å². The van der Waals surface area contributed by atoms with Crippen molar-refractivity contribution in [1.82, 2.24) is 9.80 Å². The number of amides is 3. The molecule has 0 aliphatic carbocycles. The monoisotopic (exact) mass is 411 g/mol. The summed E-state index contributed by atoms with van der Waals surface area (Å²) in [6.45, 7) is 2.28. The Morgan fingerprint density at radius 2 is 1.59 bits per heavy atom. The lowest BCUT2D eigenvalue weighted by atomic mass is 10.1. The van der Waals surface area contributed by atoms with Crippen LogP contribution in [0.4, 0.5) is 5.69 Å². The summed E-state index contributed by atoms with van der Waals surface area (Å²) in [4.78, 5) is 43.0. The fraction of sp³-hybridized carbons (Fsp3) is 0.318. The van der Waals surface area contributed by atoms with Crippen LogP contribution in [0.3, 0.4) is 0 Å². The summed E-state index contributed by atoms with van der Waals surface area (Å²) in [5.41, 5.74) is 1.54. The predicted octanol–water partition coefficient (Wildman–Crippen LogP) is 2.36. The van der Waals surface area contributed by atoms with Gasteiger partial charge in [-0.05, 0) is 29.8 Å². The van der Waals surface area contributed by atoms with Gasteiger partial charge >= 0.3 is 0 Å². The van der Waals surface area contributed by atoms with Crippen molar-refractivity contribution in [2.75, 3.05) is 31.1 Å². The average Bonchev–Trinajstić information content (AvgIpc) is 3.04. The van der Waals surface area contributed by atoms with Crippen LogP contribution in [-0.2, 0) is 20.8 Å². The summed E-state index contributed by atoms with van der Waals surface area (Å²) in [5, 5.41) is 0.556. The van der Waals surface area contributed by atoms with Crippen LogP contribution in [0.25, 0.3) is 0 Å². The summed E-state index contributed by atoms with van der Waals surface area (Å²) in [6, 6.07) is 15.9. The first-order valence-electron chi connectivity index (χ1n) is 9.71. The first kappa shape index (κ1) is 19.6. The maximum Gasteiger partial charge on any atom is 0.251 e. The molecule has 150 valence electrons. The molecule has 0 aromatic heterocycles. The number of hydrogen-bond donors (Lipinski definition) is 0. The third-order valence-corrected chi connectivity index (χ3v) is 5.77. The van der Waals surface area contributed by atoms with E-state index >= 15 is 0 Å². The van der Waals surface area contributed by atoms with Gasteiger partial charge in [0, 0.05) is 31.2 Å². The van der Waals surface area contributed by atoms with Gasteiger partial charge in [-0.25, -0.2) is 4.90 Å². The summed E-state index contributed by atoms with van der Waals surface area (Å²) in [6.07, 6.45) is 0.547. The highest BCUT2D eigenvalue weighted by atomic mass is 35.5. The maximum absolute atomic E-state index is 12.9. The summed E-state index contributed by atoms with van der Waals surface area (Å²) >= 11 is 5.90. The number of halogens is 1. The van der Waals surface area contributed by atoms with Crippen molar-refractivity contribution >= 4 is 35.0 Å². The van der Waals surface area contributed by atoms with E-state index in [1.54, 1.807) is 24.3 Å². The van der Waals surface area contributed by atoms with E-state index in [1.165, 1.54) is 4.90 Å². The predicted molar refractivity (Wildman–Crippen MR) is 111 cm³/mol. The molecule has 0 unspecified atom stereocenters. The molecular weight excluding hydrogens is 390 g/mol. The highest BCUT2D eigenvalue weighted by Crippen LogP contribution is 2.27. The highest BCUT2D eigenvalue weighted by Gasteiger charge is 2.43. The summed E-state index contributed by atoms with van der Waals surface area (Å²) in [7, 11) is 0. The minimum Gasteiger partial charge on any atom is -0.340 e. The third kappa shape index (κ3) is 4.18. The highest BCUT2D eigenvalue weighted by molar-refractivity contribution is 6.30. The summed E-state index contributed by atoms with van der Waals surface area (Å²) < 4.78 is 0. The van der Waals surface area contributed by atoms with Crippen LogP contribution in [0.15, 0.2) is 54.6 Å². The van der Waals surface area contributed by atoms with Crippen molar-refractivity contribution in [2.24, 2.45) is 0 Å². The van der Waals surface area contributed by atoms with Gasteiger partial charge in [-0.2, -0.15) is 0 Å². The topological polar surface area (TPSA) is 60.9 Å². The number of carbonyl (C=O) groups excluding carboxylic acids is 3. The molecule has 2 fully saturated rings. The van der Waals surface area contributed by atoms with Gasteiger partial charge in [-0.3, -0.25) is 19.3 Å². The van der Waals surface area contributed by atoms with Gasteiger partial charge in [0.15, 0.2) is 0 Å². The molecule has 0 N–H and O–H groups in total. The zero-order valence-electron chi connectivity index (χ0n) is 16.0. The molecule has 2 aromatic rings. The first-order chi connectivity index (χ1) is 14.0. The molecule has 1 atom stereocenters. The van der Waals surface area contributed by atoms with Crippen molar-refractivity contribution in [3.63, 3.8) is 0 Å². The second-order valence-corrected chi connectivity index (χ2v) is 7.78. The van der Waals surface area contributed by atoms with Crippen molar-refractivity contribution in [2.45, 2.75) is 18.9 Å². The Bertz CT molecular complexity index is 909. The Hall–Kier alpha value is -2.70. The Kier molecular flexibility index (Phi) is 5.65. The molecule has 0 bridgehead atoms. The Balaban J connectivity index is 1.36. The molecule has 7 heteroatoms. The molecule has 2 aromatic carbocycles. The van der Waals surface area contributed by atoms with Crippen LogP contribution in [0, 0.1) is 0 Å². The fourth-order valence-electron chi connectivity index (χ4n) is 3.93. The van der Waals surface area contributed by atoms with E-state index in [-0.39, 0.29) is 24.1 Å². The van der Waals surface area contributed by atoms with E-state index in [4.69, 9.17) is 11.6 Å². The van der Waals surface area contributed by atoms with Gasteiger partial charge in [0.1, 0.15) is 0 Å². The van der Waals surface area contributed by atoms with Crippen LogP contribution in [0.5, 0.6) is 0 Å². The second-order valence-electron chi connectivity index (χ2n) is 7.34. The van der Waals surface area contributed by atoms with Gasteiger partial charge < -0.3 is 4.90 Å². The quantitative estimate of drug-likeness (QED) is 0.725. The van der Waals surface area contributed by atoms with Gasteiger partial charge in [0.05, 0.1) is 24.6 Å². The number of benzene rings is 2. The van der Waals surface area contributed by atoms with Crippen molar-refractivity contribution in [1.29, 1.82) is 0 Å². The largest absolute Gasteiger partial charge is 0.340 e. The van der Waals surface area contributed by atoms with Crippen molar-refractivity contribution < 1.29 is 14.4 Å². The Morgan fingerprint density at radius 1 is 0.931 bits per heavy atom. The van der Waals surface area contributed by atoms with Crippen LogP contribution >= 0.6 is 11.6 Å². The minimum atomic E-state index is -0.468. The second kappa shape index (κ2) is 8.35. The lowest BCUT2D eigenvalue weighted by Crippen LogP contribution is -2.54. The maximum atomic E-state index is 12.9. The normalized spacial score (nSPS) is 20.4. The first-order valence-corrected chi connectivity index (χ1v) is 10.1. The number of imide groups is 1. The number of rotatable bonds is 4. The zero-order chi connectivity index (χ0) is 20.4. The van der Waals surface area contributed by atoms with Crippen LogP contribution in [-0.4, -0.2) is 59.7 Å². The molecule has 2 aliphatic rings. The van der Waals surface area contributed by atoms with Crippen LogP contribution < -0.4 is 4.90 Å². The molecule has 29 heavy (non-hydrogen) atoms. The average molecular weight is 412 g/mol. The van der Waals surface area contributed by atoms with Gasteiger partial charge in [0.25, 0.3) is 5.91 Å². The van der Waals surface area contributed by atoms with E-state index in [2.05, 4.69) is 0 Å². The molecule has 2 aliphatic heterocycles. The minimum absolute atomic E-state index is 0.0902. The lowest BCUT2D eigenvalue weighted by molar-refractivity contribution is -0.133. The van der Waals surface area contributed by atoms with Crippen LogP contribution in [0.2, 0.25) is 5.02 Å². The number of hydrogen-bond acceptors (Lipinski definition) is 4. The van der Waals surface area contributed by atoms with Crippen molar-refractivity contribution in [3.05, 3.63) is 65.2 Å². The smallest absolute Gasteiger partial charge is 0.251 e. The van der Waals surface area contributed by atoms with Crippen LogP contribution in [0.1, 0.15) is 12.0 Å².